The number of amides is 8. The summed E-state index contributed by atoms with van der Waals surface area (Å²) in [7, 11) is 0. The third-order valence-corrected chi connectivity index (χ3v) is 22.3. The zero-order chi connectivity index (χ0) is 92.5. The standard InChI is InChI=1S/C25H24Cl2N4O2.C24H15Cl3N4O2.C24H17Cl2N5O2.C24H16Cl2N4O2/c26-21-7-5-18(14-20(21)23-3-1-2-10-29-23)31-25(33)19-6-4-17(13-22(19)27)24(32)30-15-16-8-11-28-12-9-16;2*25-19-8-5-15(12-18(19)21-3-1-2-10-28-21)30-24(33)17-7-4-14(11-20(17)26)23(32)31-16-6-9-22(27)29-13-16;25-19-10-8-16(14-18(19)21-5-1-3-11-27-21)29-24(32)17-9-7-15(13-20(17)26)23(31)30-22-6-2-4-12-28-22/h1-7,10,13-14,16,28H,8-9,11-12,15H2,(H,30,32)(H,31,33);1-13H,(H,30,33)(H,31,32);1-13H,(H2,27,29)(H,30,33)(H,31,32);1-14H,(H,29,32)(H,28,30,31). The molecule has 1 saturated heterocycles. The van der Waals surface area contributed by atoms with Crippen LogP contribution in [0.4, 0.5) is 45.8 Å². The molecule has 0 unspecified atom stereocenters. The maximum atomic E-state index is 12.8. The number of nitrogens with one attached hydrogen (secondary N) is 9. The smallest absolute Gasteiger partial charge is 0.257 e. The SMILES string of the molecule is Nc1ccc(NC(=O)c2ccc(C(=O)Nc3ccc(Cl)c(-c4ccccn4)c3)c(Cl)c2)cn1.O=C(NCC1CCNCC1)c1ccc(C(=O)Nc2ccc(Cl)c(-c3ccccn3)c2)c(Cl)c1.O=C(Nc1ccc(Cl)nc1)c1ccc(C(=O)Nc2ccc(Cl)c(-c3ccccn3)c2)c(Cl)c1.O=C(Nc1ccccn1)c1ccc(C(=O)Nc2ccc(Cl)c(-c3ccccn3)c2)c(Cl)c1. The number of carbonyl (C=O) groups is 8. The van der Waals surface area contributed by atoms with Crippen molar-refractivity contribution in [2.75, 3.05) is 62.6 Å². The first-order valence-electron chi connectivity index (χ1n) is 39.8. The summed E-state index contributed by atoms with van der Waals surface area (Å²) in [6.07, 6.45) is 13.2. The van der Waals surface area contributed by atoms with Gasteiger partial charge < -0.3 is 53.6 Å². The van der Waals surface area contributed by atoms with Crippen LogP contribution in [0.5, 0.6) is 0 Å². The molecule has 1 aliphatic rings. The summed E-state index contributed by atoms with van der Waals surface area (Å²) in [5, 5.41) is 28.6. The molecule has 11 N–H and O–H groups in total. The van der Waals surface area contributed by atoms with E-state index in [1.807, 2.05) is 66.7 Å². The molecule has 0 aliphatic carbocycles. The van der Waals surface area contributed by atoms with Crippen LogP contribution in [0.25, 0.3) is 45.0 Å². The molecule has 0 atom stereocenters. The summed E-state index contributed by atoms with van der Waals surface area (Å²) in [6.45, 7) is 2.59. The van der Waals surface area contributed by atoms with Crippen molar-refractivity contribution in [2.45, 2.75) is 12.8 Å². The molecule has 7 aromatic heterocycles. The van der Waals surface area contributed by atoms with Gasteiger partial charge in [0.1, 0.15) is 16.8 Å². The molecule has 16 rings (SSSR count). The summed E-state index contributed by atoms with van der Waals surface area (Å²) in [6, 6.07) is 72.1. The molecular formula is C97H72Cl9N17O8. The van der Waals surface area contributed by atoms with Crippen molar-refractivity contribution in [3.05, 3.63) is 394 Å². The average Bonchev–Trinajstić information content (AvgIpc) is 0.828. The molecule has 34 heteroatoms. The molecule has 25 nitrogen and oxygen atoms in total. The fourth-order valence-electron chi connectivity index (χ4n) is 12.8. The molecular weight excluding hydrogens is 1850 g/mol. The van der Waals surface area contributed by atoms with E-state index < -0.39 is 29.5 Å². The Bertz CT molecular complexity index is 6480. The highest BCUT2D eigenvalue weighted by atomic mass is 35.5. The van der Waals surface area contributed by atoms with Crippen molar-refractivity contribution in [1.29, 1.82) is 0 Å². The topological polar surface area (TPSA) is 361 Å². The zero-order valence-electron chi connectivity index (χ0n) is 68.4. The summed E-state index contributed by atoms with van der Waals surface area (Å²) < 4.78 is 0. The van der Waals surface area contributed by atoms with E-state index in [0.29, 0.717) is 140 Å². The van der Waals surface area contributed by atoms with Gasteiger partial charge in [-0.15, -0.1) is 0 Å². The van der Waals surface area contributed by atoms with Crippen molar-refractivity contribution >= 4 is 197 Å². The fraction of sp³-hybridized carbons (Fsp3) is 0.0619. The van der Waals surface area contributed by atoms with Gasteiger partial charge in [0.15, 0.2) is 0 Å². The molecule has 8 aromatic carbocycles. The molecule has 8 amide bonds. The van der Waals surface area contributed by atoms with Gasteiger partial charge in [0.05, 0.1) is 109 Å². The van der Waals surface area contributed by atoms with Crippen LogP contribution in [0, 0.1) is 5.92 Å². The van der Waals surface area contributed by atoms with Crippen LogP contribution in [0.3, 0.4) is 0 Å². The second-order valence-corrected chi connectivity index (χ2v) is 32.2. The number of nitrogens with zero attached hydrogens (tertiary/aromatic N) is 7. The normalized spacial score (nSPS) is 11.4. The van der Waals surface area contributed by atoms with Crippen LogP contribution in [-0.2, 0) is 0 Å². The monoisotopic (exact) mass is 1920 g/mol. The van der Waals surface area contributed by atoms with E-state index in [-0.39, 0.29) is 71.2 Å². The first kappa shape index (κ1) is 94.5. The third kappa shape index (κ3) is 26.4. The summed E-state index contributed by atoms with van der Waals surface area (Å²) in [5.41, 5.74) is 16.4. The van der Waals surface area contributed by atoms with E-state index in [0.717, 1.165) is 25.9 Å². The lowest BCUT2D eigenvalue weighted by Crippen LogP contribution is -2.36. The van der Waals surface area contributed by atoms with Crippen LogP contribution < -0.4 is 53.6 Å². The second kappa shape index (κ2) is 45.8. The predicted octanol–water partition coefficient (Wildman–Crippen LogP) is 23.1. The number of rotatable bonds is 21. The number of hydrogen-bond acceptors (Lipinski definition) is 17. The molecule has 8 heterocycles. The molecule has 1 fully saturated rings. The molecule has 0 spiro atoms. The number of piperidine rings is 1. The number of pyridine rings is 7. The quantitative estimate of drug-likeness (QED) is 0.0299. The maximum Gasteiger partial charge on any atom is 0.257 e. The molecule has 131 heavy (non-hydrogen) atoms. The first-order valence-corrected chi connectivity index (χ1v) is 43.2. The van der Waals surface area contributed by atoms with Gasteiger partial charge in [-0.3, -0.25) is 58.3 Å². The largest absolute Gasteiger partial charge is 0.384 e. The number of benzene rings is 8. The number of hydrogen-bond donors (Lipinski definition) is 10. The number of anilines is 8. The molecule has 15 aromatic rings. The van der Waals surface area contributed by atoms with E-state index in [2.05, 4.69) is 82.7 Å². The number of nitrogen functional groups attached to an aromatic ring is 1. The van der Waals surface area contributed by atoms with Gasteiger partial charge in [-0.05, 0) is 262 Å². The molecule has 0 radical (unpaired) electrons. The molecule has 0 saturated carbocycles. The third-order valence-electron chi connectivity index (χ3n) is 19.5. The van der Waals surface area contributed by atoms with Gasteiger partial charge in [0, 0.05) is 105 Å². The Morgan fingerprint density at radius 2 is 0.595 bits per heavy atom. The number of nitrogens with two attached hydrogens (primary N) is 1. The zero-order valence-corrected chi connectivity index (χ0v) is 75.2. The summed E-state index contributed by atoms with van der Waals surface area (Å²) in [4.78, 5) is 130. The van der Waals surface area contributed by atoms with E-state index in [1.165, 1.54) is 73.1 Å². The minimum absolute atomic E-state index is 0.133. The number of carbonyl (C=O) groups excluding carboxylic acids is 8. The lowest BCUT2D eigenvalue weighted by molar-refractivity contribution is 0.0940. The second-order valence-electron chi connectivity index (χ2n) is 28.6. The minimum Gasteiger partial charge on any atom is -0.384 e. The van der Waals surface area contributed by atoms with E-state index in [4.69, 9.17) is 110 Å². The van der Waals surface area contributed by atoms with Crippen molar-refractivity contribution in [3.8, 4) is 45.0 Å². The van der Waals surface area contributed by atoms with Gasteiger partial charge in [-0.2, -0.15) is 0 Å². The molecule has 1 aliphatic heterocycles. The Balaban J connectivity index is 0.000000149. The van der Waals surface area contributed by atoms with Crippen LogP contribution in [0.1, 0.15) is 95.7 Å². The van der Waals surface area contributed by atoms with Crippen molar-refractivity contribution in [1.82, 2.24) is 45.5 Å². The number of aromatic nitrogens is 7. The first-order chi connectivity index (χ1) is 63.3. The predicted molar refractivity (Wildman–Crippen MR) is 520 cm³/mol. The van der Waals surface area contributed by atoms with Crippen molar-refractivity contribution in [2.24, 2.45) is 5.92 Å². The Morgan fingerprint density at radius 3 is 0.893 bits per heavy atom. The fourth-order valence-corrected chi connectivity index (χ4v) is 14.9. The van der Waals surface area contributed by atoms with Crippen LogP contribution >= 0.6 is 104 Å². The number of halogens is 9. The van der Waals surface area contributed by atoms with Gasteiger partial charge in [-0.1, -0.05) is 135 Å². The van der Waals surface area contributed by atoms with Gasteiger partial charge >= 0.3 is 0 Å². The van der Waals surface area contributed by atoms with Crippen molar-refractivity contribution in [3.63, 3.8) is 0 Å². The molecule has 656 valence electrons. The van der Waals surface area contributed by atoms with Crippen LogP contribution in [0.2, 0.25) is 45.3 Å². The van der Waals surface area contributed by atoms with E-state index in [9.17, 15) is 38.4 Å². The van der Waals surface area contributed by atoms with E-state index >= 15 is 0 Å². The van der Waals surface area contributed by atoms with E-state index in [1.54, 1.807) is 164 Å². The van der Waals surface area contributed by atoms with Gasteiger partial charge in [0.25, 0.3) is 47.3 Å². The summed E-state index contributed by atoms with van der Waals surface area (Å²) >= 11 is 56.2. The van der Waals surface area contributed by atoms with Gasteiger partial charge in [-0.25, -0.2) is 15.0 Å². The van der Waals surface area contributed by atoms with Gasteiger partial charge in [0.2, 0.25) is 0 Å². The Labute approximate surface area is 795 Å². The Hall–Kier alpha value is -14.1. The highest BCUT2D eigenvalue weighted by Crippen LogP contribution is 2.36. The maximum absolute atomic E-state index is 12.8. The molecule has 0 bridgehead atoms. The van der Waals surface area contributed by atoms with Crippen LogP contribution in [0.15, 0.2) is 304 Å². The summed E-state index contributed by atoms with van der Waals surface area (Å²) in [5.74, 6) is -1.77. The minimum atomic E-state index is -0.428. The van der Waals surface area contributed by atoms with Crippen LogP contribution in [-0.4, -0.2) is 102 Å². The Kier molecular flexibility index (Phi) is 33.0. The highest BCUT2D eigenvalue weighted by Gasteiger charge is 2.23. The lowest BCUT2D eigenvalue weighted by atomic mass is 9.98. The average molecular weight is 1920 g/mol. The Morgan fingerprint density at radius 1 is 0.290 bits per heavy atom. The van der Waals surface area contributed by atoms with Crippen molar-refractivity contribution < 1.29 is 38.4 Å². The lowest BCUT2D eigenvalue weighted by Gasteiger charge is -2.22. The highest BCUT2D eigenvalue weighted by molar-refractivity contribution is 6.38.